The SMILES string of the molecule is C[N+](C)(Cc1ccccc1F)c1ccccc1.[Cl-]. The van der Waals surface area contributed by atoms with Crippen LogP contribution in [0.25, 0.3) is 0 Å². The van der Waals surface area contributed by atoms with E-state index in [1.807, 2.05) is 30.3 Å². The summed E-state index contributed by atoms with van der Waals surface area (Å²) in [7, 11) is 4.17. The van der Waals surface area contributed by atoms with Gasteiger partial charge in [0.25, 0.3) is 0 Å². The summed E-state index contributed by atoms with van der Waals surface area (Å²) in [6.07, 6.45) is 0. The van der Waals surface area contributed by atoms with Gasteiger partial charge in [0.15, 0.2) is 0 Å². The molecule has 0 N–H and O–H groups in total. The van der Waals surface area contributed by atoms with E-state index in [0.717, 1.165) is 5.56 Å². The fourth-order valence-corrected chi connectivity index (χ4v) is 1.98. The van der Waals surface area contributed by atoms with E-state index in [-0.39, 0.29) is 18.2 Å². The fourth-order valence-electron chi connectivity index (χ4n) is 1.98. The van der Waals surface area contributed by atoms with Gasteiger partial charge in [0.1, 0.15) is 18.0 Å². The van der Waals surface area contributed by atoms with Gasteiger partial charge in [-0.05, 0) is 18.2 Å². The zero-order chi connectivity index (χ0) is 12.3. The molecule has 0 bridgehead atoms. The van der Waals surface area contributed by atoms with Crippen LogP contribution in [0.4, 0.5) is 10.1 Å². The molecule has 0 atom stereocenters. The van der Waals surface area contributed by atoms with Crippen molar-refractivity contribution in [1.82, 2.24) is 4.48 Å². The summed E-state index contributed by atoms with van der Waals surface area (Å²) in [5.74, 6) is -0.130. The molecule has 0 amide bonds. The Kier molecular flexibility index (Phi) is 4.88. The van der Waals surface area contributed by atoms with Crippen molar-refractivity contribution in [3.63, 3.8) is 0 Å². The summed E-state index contributed by atoms with van der Waals surface area (Å²) < 4.78 is 14.3. The van der Waals surface area contributed by atoms with Crippen LogP contribution < -0.4 is 16.9 Å². The third kappa shape index (κ3) is 3.31. The topological polar surface area (TPSA) is 0 Å². The predicted octanol–water partition coefficient (Wildman–Crippen LogP) is 0.597. The maximum absolute atomic E-state index is 13.6. The lowest BCUT2D eigenvalue weighted by atomic mass is 10.1. The predicted molar refractivity (Wildman–Crippen MR) is 70.2 cm³/mol. The molecule has 3 heteroatoms. The Morgan fingerprint density at radius 3 is 2.06 bits per heavy atom. The van der Waals surface area contributed by atoms with Crippen LogP contribution in [0.2, 0.25) is 0 Å². The molecule has 0 aliphatic carbocycles. The fraction of sp³-hybridized carbons (Fsp3) is 0.200. The lowest BCUT2D eigenvalue weighted by Gasteiger charge is -2.29. The molecule has 0 radical (unpaired) electrons. The zero-order valence-corrected chi connectivity index (χ0v) is 11.4. The van der Waals surface area contributed by atoms with E-state index in [1.54, 1.807) is 6.07 Å². The van der Waals surface area contributed by atoms with Crippen molar-refractivity contribution in [2.24, 2.45) is 0 Å². The van der Waals surface area contributed by atoms with E-state index < -0.39 is 0 Å². The summed E-state index contributed by atoms with van der Waals surface area (Å²) in [5, 5.41) is 0. The Balaban J connectivity index is 0.00000162. The number of para-hydroxylation sites is 1. The number of nitrogens with zero attached hydrogens (tertiary/aromatic N) is 1. The Morgan fingerprint density at radius 2 is 1.44 bits per heavy atom. The van der Waals surface area contributed by atoms with E-state index in [0.29, 0.717) is 11.0 Å². The largest absolute Gasteiger partial charge is 1.00 e. The molecule has 0 fully saturated rings. The van der Waals surface area contributed by atoms with E-state index in [9.17, 15) is 4.39 Å². The van der Waals surface area contributed by atoms with Gasteiger partial charge in [-0.3, -0.25) is 4.48 Å². The molecule has 18 heavy (non-hydrogen) atoms. The summed E-state index contributed by atoms with van der Waals surface area (Å²) in [6.45, 7) is 0.649. The van der Waals surface area contributed by atoms with E-state index in [1.165, 1.54) is 11.8 Å². The van der Waals surface area contributed by atoms with Crippen molar-refractivity contribution in [3.05, 3.63) is 66.0 Å². The first-order valence-corrected chi connectivity index (χ1v) is 5.71. The molecule has 0 saturated heterocycles. The van der Waals surface area contributed by atoms with Gasteiger partial charge in [-0.25, -0.2) is 4.39 Å². The zero-order valence-electron chi connectivity index (χ0n) is 10.6. The van der Waals surface area contributed by atoms with Crippen molar-refractivity contribution in [1.29, 1.82) is 0 Å². The minimum Gasteiger partial charge on any atom is -1.00 e. The van der Waals surface area contributed by atoms with Crippen molar-refractivity contribution in [2.45, 2.75) is 6.54 Å². The number of benzene rings is 2. The van der Waals surface area contributed by atoms with Gasteiger partial charge in [0.2, 0.25) is 0 Å². The van der Waals surface area contributed by atoms with E-state index in [4.69, 9.17) is 0 Å². The van der Waals surface area contributed by atoms with E-state index >= 15 is 0 Å². The molecule has 2 aromatic carbocycles. The van der Waals surface area contributed by atoms with Gasteiger partial charge >= 0.3 is 0 Å². The van der Waals surface area contributed by atoms with Crippen LogP contribution in [0.3, 0.4) is 0 Å². The quantitative estimate of drug-likeness (QED) is 0.713. The van der Waals surface area contributed by atoms with Crippen LogP contribution in [0.1, 0.15) is 5.56 Å². The molecule has 0 saturated carbocycles. The van der Waals surface area contributed by atoms with Gasteiger partial charge in [0.05, 0.1) is 14.1 Å². The molecule has 1 nitrogen and oxygen atoms in total. The number of hydrogen-bond donors (Lipinski definition) is 0. The van der Waals surface area contributed by atoms with Crippen molar-refractivity contribution >= 4 is 5.69 Å². The molecule has 0 aliphatic rings. The summed E-state index contributed by atoms with van der Waals surface area (Å²) in [5.41, 5.74) is 1.93. The van der Waals surface area contributed by atoms with E-state index in [2.05, 4.69) is 26.2 Å². The van der Waals surface area contributed by atoms with Crippen LogP contribution in [0.5, 0.6) is 0 Å². The smallest absolute Gasteiger partial charge is 0.132 e. The monoisotopic (exact) mass is 265 g/mol. The average Bonchev–Trinajstić information content (AvgIpc) is 2.33. The standard InChI is InChI=1S/C15H17FN.ClH/c1-17(2,14-9-4-3-5-10-14)12-13-8-6-7-11-15(13)16;/h3-11H,12H2,1-2H3;1H/q+1;/p-1. The first-order chi connectivity index (χ1) is 8.09. The highest BCUT2D eigenvalue weighted by Gasteiger charge is 2.20. The van der Waals surface area contributed by atoms with Gasteiger partial charge < -0.3 is 12.4 Å². The van der Waals surface area contributed by atoms with Gasteiger partial charge in [-0.2, -0.15) is 0 Å². The molecule has 0 aliphatic heterocycles. The van der Waals surface area contributed by atoms with Crippen LogP contribution in [-0.4, -0.2) is 14.1 Å². The molecule has 0 aromatic heterocycles. The van der Waals surface area contributed by atoms with Crippen molar-refractivity contribution in [2.75, 3.05) is 14.1 Å². The number of halogens is 2. The lowest BCUT2D eigenvalue weighted by Crippen LogP contribution is -3.00. The summed E-state index contributed by atoms with van der Waals surface area (Å²) in [6, 6.07) is 17.1. The van der Waals surface area contributed by atoms with Gasteiger partial charge in [-0.1, -0.05) is 36.4 Å². The maximum Gasteiger partial charge on any atom is 0.132 e. The minimum atomic E-state index is -0.130. The Labute approximate surface area is 114 Å². The van der Waals surface area contributed by atoms with Crippen LogP contribution in [0, 0.1) is 5.82 Å². The normalized spacial score (nSPS) is 10.8. The number of rotatable bonds is 3. The number of hydrogen-bond acceptors (Lipinski definition) is 0. The van der Waals surface area contributed by atoms with Crippen molar-refractivity contribution < 1.29 is 16.8 Å². The van der Waals surface area contributed by atoms with Gasteiger partial charge in [-0.15, -0.1) is 0 Å². The molecule has 0 unspecified atom stereocenters. The van der Waals surface area contributed by atoms with Crippen LogP contribution in [0.15, 0.2) is 54.6 Å². The summed E-state index contributed by atoms with van der Waals surface area (Å²) in [4.78, 5) is 0. The Bertz CT molecular complexity index is 497. The van der Waals surface area contributed by atoms with Crippen LogP contribution >= 0.6 is 0 Å². The molecule has 0 heterocycles. The second-order valence-electron chi connectivity index (χ2n) is 4.77. The maximum atomic E-state index is 13.6. The van der Waals surface area contributed by atoms with Crippen molar-refractivity contribution in [3.8, 4) is 0 Å². The number of quaternary nitrogens is 1. The molecular weight excluding hydrogens is 249 g/mol. The molecule has 2 rings (SSSR count). The minimum absolute atomic E-state index is 0. The van der Waals surface area contributed by atoms with Gasteiger partial charge in [0, 0.05) is 5.56 Å². The molecule has 2 aromatic rings. The average molecular weight is 266 g/mol. The molecular formula is C15H17ClFN. The summed E-state index contributed by atoms with van der Waals surface area (Å²) >= 11 is 0. The Morgan fingerprint density at radius 1 is 0.889 bits per heavy atom. The Hall–Kier alpha value is -1.38. The van der Waals surface area contributed by atoms with Crippen LogP contribution in [-0.2, 0) is 6.54 Å². The second-order valence-corrected chi connectivity index (χ2v) is 4.77. The first kappa shape index (κ1) is 14.7. The first-order valence-electron chi connectivity index (χ1n) is 5.71. The third-order valence-corrected chi connectivity index (χ3v) is 2.98. The molecule has 0 spiro atoms. The third-order valence-electron chi connectivity index (χ3n) is 2.98. The highest BCUT2D eigenvalue weighted by molar-refractivity contribution is 5.41. The highest BCUT2D eigenvalue weighted by atomic mass is 35.5. The molecule has 96 valence electrons. The highest BCUT2D eigenvalue weighted by Crippen LogP contribution is 2.22. The lowest BCUT2D eigenvalue weighted by molar-refractivity contribution is -0.00000423. The second kappa shape index (κ2) is 5.98.